The third-order valence-electron chi connectivity index (χ3n) is 13.6. The van der Waals surface area contributed by atoms with E-state index < -0.39 is 8.07 Å². The lowest BCUT2D eigenvalue weighted by atomic mass is 9.95. The number of rotatable bonds is 4. The lowest BCUT2D eigenvalue weighted by molar-refractivity contribution is 1.18. The van der Waals surface area contributed by atoms with Crippen LogP contribution in [-0.2, 0) is 0 Å². The maximum Gasteiger partial charge on any atom is 0.113 e. The molecule has 2 aromatic heterocycles. The second-order valence-electron chi connectivity index (χ2n) is 17.3. The van der Waals surface area contributed by atoms with Crippen molar-refractivity contribution in [1.82, 2.24) is 4.57 Å². The smallest absolute Gasteiger partial charge is 0.113 e. The van der Waals surface area contributed by atoms with Crippen molar-refractivity contribution in [3.05, 3.63) is 200 Å². The van der Waals surface area contributed by atoms with E-state index in [-0.39, 0.29) is 0 Å². The third-order valence-corrected chi connectivity index (χ3v) is 18.3. The molecule has 0 fully saturated rings. The highest BCUT2D eigenvalue weighted by atomic mass is 32.1. The van der Waals surface area contributed by atoms with Crippen molar-refractivity contribution in [2.24, 2.45) is 0 Å². The van der Waals surface area contributed by atoms with E-state index in [1.807, 2.05) is 11.3 Å². The molecule has 0 radical (unpaired) electrons. The summed E-state index contributed by atoms with van der Waals surface area (Å²) in [5.41, 5.74) is 14.0. The molecule has 0 bridgehead atoms. The van der Waals surface area contributed by atoms with Gasteiger partial charge in [0, 0.05) is 36.6 Å². The monoisotopic (exact) mass is 809 g/mol. The zero-order valence-corrected chi connectivity index (χ0v) is 35.7. The van der Waals surface area contributed by atoms with Crippen LogP contribution < -0.4 is 10.4 Å². The van der Waals surface area contributed by atoms with E-state index in [0.29, 0.717) is 0 Å². The maximum absolute atomic E-state index is 2.54. The lowest BCUT2D eigenvalue weighted by Crippen LogP contribution is -2.49. The van der Waals surface area contributed by atoms with Gasteiger partial charge in [0.25, 0.3) is 0 Å². The SMILES string of the molecule is C[Si]1(C)c2cc(-c3ccc4sc5ccccc5c4c3)ccc2-c2ccc(-n3c4ccc(-c5cccc6ccccc56)cc4c4cc(-c5cccc6ccccc56)ccc43)cc21. The molecule has 1 aliphatic rings. The van der Waals surface area contributed by atoms with Gasteiger partial charge in [0.1, 0.15) is 8.07 Å². The van der Waals surface area contributed by atoms with Crippen LogP contribution in [0.5, 0.6) is 0 Å². The van der Waals surface area contributed by atoms with Gasteiger partial charge < -0.3 is 4.57 Å². The van der Waals surface area contributed by atoms with E-state index in [0.717, 1.165) is 0 Å². The average Bonchev–Trinajstić information content (AvgIpc) is 3.92. The molecule has 0 N–H and O–H groups in total. The predicted octanol–water partition coefficient (Wildman–Crippen LogP) is 15.3. The van der Waals surface area contributed by atoms with Crippen molar-refractivity contribution in [2.75, 3.05) is 0 Å². The molecule has 286 valence electrons. The number of thiophene rings is 1. The standard InChI is InChI=1S/C58H39NSSi/c1-61(2)57-34-39(38-24-30-56-52(31-38)47-17-7-8-20-55(47)60-56)21-26-48(57)49-27-25-42(35-58(49)61)59-53-28-22-40(45-18-9-13-36-11-3-5-15-43(36)45)32-50(53)51-33-41(23-29-54(51)59)46-19-10-14-37-12-4-6-16-44(37)46/h3-35H,1-2H3. The highest BCUT2D eigenvalue weighted by Crippen LogP contribution is 2.42. The number of hydrogen-bond acceptors (Lipinski definition) is 1. The molecule has 0 unspecified atom stereocenters. The van der Waals surface area contributed by atoms with Gasteiger partial charge in [-0.1, -0.05) is 159 Å². The molecule has 0 atom stereocenters. The number of hydrogen-bond donors (Lipinski definition) is 0. The number of nitrogens with zero attached hydrogens (tertiary/aromatic N) is 1. The molecular weight excluding hydrogens is 771 g/mol. The Morgan fingerprint density at radius 2 is 0.836 bits per heavy atom. The van der Waals surface area contributed by atoms with Gasteiger partial charge in [-0.15, -0.1) is 11.3 Å². The van der Waals surface area contributed by atoms with Crippen molar-refractivity contribution in [3.63, 3.8) is 0 Å². The Hall–Kier alpha value is -7.04. The zero-order valence-electron chi connectivity index (χ0n) is 33.9. The summed E-state index contributed by atoms with van der Waals surface area (Å²) in [5.74, 6) is 0. The Bertz CT molecular complexity index is 3660. The largest absolute Gasteiger partial charge is 0.309 e. The Balaban J connectivity index is 0.975. The van der Waals surface area contributed by atoms with Gasteiger partial charge in [-0.2, -0.15) is 0 Å². The molecule has 0 saturated carbocycles. The summed E-state index contributed by atoms with van der Waals surface area (Å²) in [6, 6.07) is 75.4. The second-order valence-corrected chi connectivity index (χ2v) is 22.7. The first-order valence-electron chi connectivity index (χ1n) is 21.2. The number of aromatic nitrogens is 1. The topological polar surface area (TPSA) is 4.93 Å². The summed E-state index contributed by atoms with van der Waals surface area (Å²) >= 11 is 1.88. The summed E-state index contributed by atoms with van der Waals surface area (Å²) in [6.07, 6.45) is 0. The van der Waals surface area contributed by atoms with E-state index >= 15 is 0 Å². The molecule has 0 aliphatic carbocycles. The first kappa shape index (κ1) is 34.8. The van der Waals surface area contributed by atoms with Gasteiger partial charge in [-0.3, -0.25) is 0 Å². The second kappa shape index (κ2) is 13.0. The molecule has 3 heterocycles. The fourth-order valence-corrected chi connectivity index (χ4v) is 14.7. The summed E-state index contributed by atoms with van der Waals surface area (Å²) in [7, 11) is -2.08. The molecular formula is C58H39NSSi. The molecule has 0 spiro atoms. The Kier molecular flexibility index (Phi) is 7.40. The number of fused-ring (bicyclic) bond motifs is 11. The minimum Gasteiger partial charge on any atom is -0.309 e. The molecule has 3 heteroatoms. The van der Waals surface area contributed by atoms with Crippen LogP contribution in [0, 0.1) is 0 Å². The first-order valence-corrected chi connectivity index (χ1v) is 25.1. The minimum absolute atomic E-state index is 1.22. The van der Waals surface area contributed by atoms with Crippen molar-refractivity contribution in [3.8, 4) is 50.2 Å². The van der Waals surface area contributed by atoms with Crippen LogP contribution >= 0.6 is 11.3 Å². The Morgan fingerprint density at radius 1 is 0.344 bits per heavy atom. The van der Waals surface area contributed by atoms with Crippen molar-refractivity contribution < 1.29 is 0 Å². The molecule has 61 heavy (non-hydrogen) atoms. The molecule has 1 aliphatic heterocycles. The zero-order chi connectivity index (χ0) is 40.4. The highest BCUT2D eigenvalue weighted by molar-refractivity contribution is 7.25. The minimum atomic E-state index is -2.08. The van der Waals surface area contributed by atoms with Gasteiger partial charge in [-0.25, -0.2) is 0 Å². The quantitative estimate of drug-likeness (QED) is 0.156. The lowest BCUT2D eigenvalue weighted by Gasteiger charge is -2.20. The summed E-state index contributed by atoms with van der Waals surface area (Å²) in [6.45, 7) is 5.08. The van der Waals surface area contributed by atoms with Gasteiger partial charge in [0.15, 0.2) is 0 Å². The Morgan fingerprint density at radius 3 is 1.51 bits per heavy atom. The van der Waals surface area contributed by atoms with E-state index in [1.54, 1.807) is 0 Å². The fraction of sp³-hybridized carbons (Fsp3) is 0.0345. The molecule has 0 saturated heterocycles. The van der Waals surface area contributed by atoms with Gasteiger partial charge in [0.05, 0.1) is 11.0 Å². The van der Waals surface area contributed by atoms with Gasteiger partial charge >= 0.3 is 0 Å². The molecule has 13 rings (SSSR count). The normalized spacial score (nSPS) is 13.2. The van der Waals surface area contributed by atoms with Gasteiger partial charge in [-0.05, 0) is 131 Å². The van der Waals surface area contributed by atoms with Crippen LogP contribution in [0.15, 0.2) is 200 Å². The fourth-order valence-electron chi connectivity index (χ4n) is 10.5. The maximum atomic E-state index is 2.54. The number of benzene rings is 10. The van der Waals surface area contributed by atoms with Crippen LogP contribution in [0.4, 0.5) is 0 Å². The van der Waals surface area contributed by atoms with Crippen LogP contribution in [0.3, 0.4) is 0 Å². The molecule has 0 amide bonds. The average molecular weight is 810 g/mol. The van der Waals surface area contributed by atoms with Crippen molar-refractivity contribution in [1.29, 1.82) is 0 Å². The first-order chi connectivity index (χ1) is 30.0. The molecule has 1 nitrogen and oxygen atoms in total. The van der Waals surface area contributed by atoms with E-state index in [1.165, 1.54) is 124 Å². The van der Waals surface area contributed by atoms with E-state index in [4.69, 9.17) is 0 Å². The summed E-state index contributed by atoms with van der Waals surface area (Å²) < 4.78 is 5.21. The van der Waals surface area contributed by atoms with Gasteiger partial charge in [0.2, 0.25) is 0 Å². The van der Waals surface area contributed by atoms with Crippen LogP contribution in [-0.4, -0.2) is 12.6 Å². The highest BCUT2D eigenvalue weighted by Gasteiger charge is 2.38. The van der Waals surface area contributed by atoms with E-state index in [2.05, 4.69) is 218 Å². The third kappa shape index (κ3) is 5.18. The summed E-state index contributed by atoms with van der Waals surface area (Å²) in [4.78, 5) is 0. The molecule has 12 aromatic rings. The predicted molar refractivity (Wildman–Crippen MR) is 267 cm³/mol. The summed E-state index contributed by atoms with van der Waals surface area (Å²) in [5, 5.41) is 13.3. The van der Waals surface area contributed by atoms with E-state index in [9.17, 15) is 0 Å². The van der Waals surface area contributed by atoms with Crippen LogP contribution in [0.1, 0.15) is 0 Å². The van der Waals surface area contributed by atoms with Crippen molar-refractivity contribution >= 4 is 93.3 Å². The van der Waals surface area contributed by atoms with Crippen LogP contribution in [0.25, 0.3) is 114 Å². The molecule has 10 aromatic carbocycles. The Labute approximate surface area is 359 Å². The van der Waals surface area contributed by atoms with Crippen LogP contribution in [0.2, 0.25) is 13.1 Å². The van der Waals surface area contributed by atoms with Crippen molar-refractivity contribution in [2.45, 2.75) is 13.1 Å².